The van der Waals surface area contributed by atoms with E-state index in [1.54, 1.807) is 0 Å². The number of aryl methyl sites for hydroxylation is 1. The number of anilines is 2. The van der Waals surface area contributed by atoms with Gasteiger partial charge in [-0.15, -0.1) is 0 Å². The van der Waals surface area contributed by atoms with Crippen molar-refractivity contribution in [2.75, 3.05) is 56.6 Å². The predicted molar refractivity (Wildman–Crippen MR) is 88.5 cm³/mol. The Labute approximate surface area is 132 Å². The fourth-order valence-corrected chi connectivity index (χ4v) is 3.19. The highest BCUT2D eigenvalue weighted by atomic mass is 16.3. The molecule has 1 N–H and O–H groups in total. The Balaban J connectivity index is 1.61. The van der Waals surface area contributed by atoms with Crippen LogP contribution in [-0.2, 0) is 0 Å². The van der Waals surface area contributed by atoms with Gasteiger partial charge in [0, 0.05) is 58.6 Å². The predicted octanol–water partition coefficient (Wildman–Crippen LogP) is 0.888. The molecule has 1 aliphatic carbocycles. The molecule has 1 saturated heterocycles. The molecule has 0 unspecified atom stereocenters. The molecule has 0 radical (unpaired) electrons. The molecule has 2 aliphatic rings. The van der Waals surface area contributed by atoms with Crippen LogP contribution in [0.15, 0.2) is 6.07 Å². The van der Waals surface area contributed by atoms with Gasteiger partial charge in [0.2, 0.25) is 5.95 Å². The average Bonchev–Trinajstić information content (AvgIpc) is 2.45. The minimum Gasteiger partial charge on any atom is -0.389 e. The van der Waals surface area contributed by atoms with Gasteiger partial charge in [-0.1, -0.05) is 0 Å². The summed E-state index contributed by atoms with van der Waals surface area (Å²) in [5.41, 5.74) is 0.589. The number of nitrogens with zero attached hydrogens (tertiary/aromatic N) is 5. The maximum atomic E-state index is 10.3. The number of aromatic nitrogens is 2. The monoisotopic (exact) mass is 305 g/mol. The zero-order chi connectivity index (χ0) is 15.7. The Morgan fingerprint density at radius 2 is 1.86 bits per heavy atom. The summed E-state index contributed by atoms with van der Waals surface area (Å²) in [4.78, 5) is 15.8. The van der Waals surface area contributed by atoms with E-state index in [-0.39, 0.29) is 0 Å². The van der Waals surface area contributed by atoms with Gasteiger partial charge in [-0.2, -0.15) is 4.98 Å². The van der Waals surface area contributed by atoms with E-state index in [0.29, 0.717) is 0 Å². The third kappa shape index (κ3) is 3.33. The number of aliphatic hydroxyl groups is 1. The van der Waals surface area contributed by atoms with Crippen LogP contribution in [0, 0.1) is 6.92 Å². The first-order valence-electron chi connectivity index (χ1n) is 8.18. The molecule has 2 heterocycles. The number of rotatable bonds is 4. The van der Waals surface area contributed by atoms with Crippen LogP contribution in [0.2, 0.25) is 0 Å². The standard InChI is InChI=1S/C16H27N5O/c1-13-11-14(18-15(17-13)19(2)3)21-9-7-20(8-10-21)12-16(22)5-4-6-16/h11,22H,4-10,12H2,1-3H3. The van der Waals surface area contributed by atoms with Crippen molar-refractivity contribution in [1.29, 1.82) is 0 Å². The van der Waals surface area contributed by atoms with Crippen LogP contribution in [0.3, 0.4) is 0 Å². The lowest BCUT2D eigenvalue weighted by Gasteiger charge is -2.43. The SMILES string of the molecule is Cc1cc(N2CCN(CC3(O)CCC3)CC2)nc(N(C)C)n1. The first kappa shape index (κ1) is 15.5. The molecule has 0 amide bonds. The first-order chi connectivity index (χ1) is 10.5. The summed E-state index contributed by atoms with van der Waals surface area (Å²) < 4.78 is 0. The van der Waals surface area contributed by atoms with E-state index in [1.807, 2.05) is 25.9 Å². The summed E-state index contributed by atoms with van der Waals surface area (Å²) >= 11 is 0. The van der Waals surface area contributed by atoms with E-state index in [0.717, 1.165) is 63.0 Å². The van der Waals surface area contributed by atoms with Crippen molar-refractivity contribution in [1.82, 2.24) is 14.9 Å². The Morgan fingerprint density at radius 1 is 1.18 bits per heavy atom. The molecule has 0 aromatic carbocycles. The van der Waals surface area contributed by atoms with Crippen molar-refractivity contribution in [2.24, 2.45) is 0 Å². The van der Waals surface area contributed by atoms with Gasteiger partial charge >= 0.3 is 0 Å². The fourth-order valence-electron chi connectivity index (χ4n) is 3.19. The molecular formula is C16H27N5O. The molecule has 3 rings (SSSR count). The van der Waals surface area contributed by atoms with Crippen LogP contribution in [0.25, 0.3) is 0 Å². The van der Waals surface area contributed by atoms with Crippen molar-refractivity contribution in [3.63, 3.8) is 0 Å². The van der Waals surface area contributed by atoms with Crippen molar-refractivity contribution < 1.29 is 5.11 Å². The van der Waals surface area contributed by atoms with Gasteiger partial charge in [-0.05, 0) is 26.2 Å². The van der Waals surface area contributed by atoms with Crippen molar-refractivity contribution in [3.05, 3.63) is 11.8 Å². The first-order valence-corrected chi connectivity index (χ1v) is 8.18. The summed E-state index contributed by atoms with van der Waals surface area (Å²) in [6, 6.07) is 2.06. The molecule has 2 fully saturated rings. The normalized spacial score (nSPS) is 21.5. The van der Waals surface area contributed by atoms with Crippen LogP contribution in [0.4, 0.5) is 11.8 Å². The van der Waals surface area contributed by atoms with Crippen LogP contribution in [0.5, 0.6) is 0 Å². The van der Waals surface area contributed by atoms with E-state index in [4.69, 9.17) is 0 Å². The highest BCUT2D eigenvalue weighted by Gasteiger charge is 2.36. The second-order valence-electron chi connectivity index (χ2n) is 6.90. The minimum absolute atomic E-state index is 0.411. The molecular weight excluding hydrogens is 278 g/mol. The molecule has 1 aromatic heterocycles. The topological polar surface area (TPSA) is 55.7 Å². The van der Waals surface area contributed by atoms with E-state index < -0.39 is 5.60 Å². The summed E-state index contributed by atoms with van der Waals surface area (Å²) in [6.07, 6.45) is 3.10. The van der Waals surface area contributed by atoms with Gasteiger partial charge in [0.15, 0.2) is 0 Å². The zero-order valence-electron chi connectivity index (χ0n) is 13.9. The van der Waals surface area contributed by atoms with E-state index in [2.05, 4.69) is 25.8 Å². The number of hydrogen-bond donors (Lipinski definition) is 1. The second-order valence-corrected chi connectivity index (χ2v) is 6.90. The lowest BCUT2D eigenvalue weighted by molar-refractivity contribution is -0.0594. The summed E-state index contributed by atoms with van der Waals surface area (Å²) in [5, 5.41) is 10.3. The molecule has 0 atom stereocenters. The second kappa shape index (κ2) is 6.01. The van der Waals surface area contributed by atoms with Crippen LogP contribution >= 0.6 is 0 Å². The number of hydrogen-bond acceptors (Lipinski definition) is 6. The zero-order valence-corrected chi connectivity index (χ0v) is 13.9. The Kier molecular flexibility index (Phi) is 4.23. The minimum atomic E-state index is -0.411. The molecule has 1 aromatic rings. The molecule has 6 heteroatoms. The van der Waals surface area contributed by atoms with Gasteiger partial charge in [0.05, 0.1) is 5.60 Å². The van der Waals surface area contributed by atoms with Gasteiger partial charge < -0.3 is 14.9 Å². The molecule has 0 bridgehead atoms. The summed E-state index contributed by atoms with van der Waals surface area (Å²) in [6.45, 7) is 6.73. The van der Waals surface area contributed by atoms with Gasteiger partial charge in [-0.25, -0.2) is 4.98 Å². The highest BCUT2D eigenvalue weighted by Crippen LogP contribution is 2.32. The summed E-state index contributed by atoms with van der Waals surface area (Å²) in [5.74, 6) is 1.78. The largest absolute Gasteiger partial charge is 0.389 e. The lowest BCUT2D eigenvalue weighted by atomic mass is 9.80. The van der Waals surface area contributed by atoms with Crippen LogP contribution in [0.1, 0.15) is 25.0 Å². The number of β-amino-alcohol motifs (C(OH)–C–C–N with tert-alkyl or cyclic N) is 1. The molecule has 22 heavy (non-hydrogen) atoms. The lowest BCUT2D eigenvalue weighted by Crippen LogP contribution is -2.54. The Hall–Kier alpha value is -1.40. The third-order valence-electron chi connectivity index (χ3n) is 4.73. The molecule has 122 valence electrons. The van der Waals surface area contributed by atoms with Gasteiger partial charge in [-0.3, -0.25) is 4.90 Å². The molecule has 6 nitrogen and oxygen atoms in total. The number of piperazine rings is 1. The average molecular weight is 305 g/mol. The maximum absolute atomic E-state index is 10.3. The van der Waals surface area contributed by atoms with E-state index in [9.17, 15) is 5.11 Å². The highest BCUT2D eigenvalue weighted by molar-refractivity contribution is 5.45. The molecule has 0 spiro atoms. The van der Waals surface area contributed by atoms with Crippen molar-refractivity contribution in [2.45, 2.75) is 31.8 Å². The van der Waals surface area contributed by atoms with E-state index in [1.165, 1.54) is 6.42 Å². The Bertz CT molecular complexity index is 521. The van der Waals surface area contributed by atoms with Gasteiger partial charge in [0.25, 0.3) is 0 Å². The van der Waals surface area contributed by atoms with Crippen LogP contribution < -0.4 is 9.80 Å². The van der Waals surface area contributed by atoms with Gasteiger partial charge in [0.1, 0.15) is 5.82 Å². The fraction of sp³-hybridized carbons (Fsp3) is 0.750. The maximum Gasteiger partial charge on any atom is 0.226 e. The van der Waals surface area contributed by atoms with Crippen LogP contribution in [-0.4, -0.2) is 72.4 Å². The van der Waals surface area contributed by atoms with E-state index >= 15 is 0 Å². The quantitative estimate of drug-likeness (QED) is 0.891. The molecule has 1 aliphatic heterocycles. The van der Waals surface area contributed by atoms with Crippen molar-refractivity contribution in [3.8, 4) is 0 Å². The third-order valence-corrected chi connectivity index (χ3v) is 4.73. The molecule has 1 saturated carbocycles. The Morgan fingerprint density at radius 3 is 2.41 bits per heavy atom. The smallest absolute Gasteiger partial charge is 0.226 e. The summed E-state index contributed by atoms with van der Waals surface area (Å²) in [7, 11) is 3.94. The van der Waals surface area contributed by atoms with Crippen molar-refractivity contribution >= 4 is 11.8 Å².